The monoisotopic (exact) mass is 479 g/mol. The van der Waals surface area contributed by atoms with Crippen LogP contribution in [0.5, 0.6) is 11.5 Å². The Labute approximate surface area is 201 Å². The third-order valence-electron chi connectivity index (χ3n) is 5.57. The van der Waals surface area contributed by atoms with Crippen LogP contribution in [0.15, 0.2) is 67.0 Å². The molecular weight excluding hydrogens is 457 g/mol. The summed E-state index contributed by atoms with van der Waals surface area (Å²) < 4.78 is 31.5. The SMILES string of the molecule is Fc1ccc(Nc2ncnc3cc(OC[C@H]4CCCO4)c(OCc4ccccc4)cc23)cc1Cl. The fraction of sp³-hybridized carbons (Fsp3) is 0.231. The van der Waals surface area contributed by atoms with Crippen molar-refractivity contribution < 1.29 is 18.6 Å². The molecule has 1 aliphatic heterocycles. The number of fused-ring (bicyclic) bond motifs is 1. The molecule has 6 nitrogen and oxygen atoms in total. The van der Waals surface area contributed by atoms with Crippen molar-refractivity contribution in [1.82, 2.24) is 9.97 Å². The number of ether oxygens (including phenoxy) is 3. The average Bonchev–Trinajstić information content (AvgIpc) is 3.38. The first-order valence-corrected chi connectivity index (χ1v) is 11.5. The Morgan fingerprint density at radius 2 is 1.88 bits per heavy atom. The first kappa shape index (κ1) is 22.4. The molecule has 5 rings (SSSR count). The van der Waals surface area contributed by atoms with Crippen molar-refractivity contribution >= 4 is 34.0 Å². The highest BCUT2D eigenvalue weighted by molar-refractivity contribution is 6.31. The van der Waals surface area contributed by atoms with E-state index in [1.54, 1.807) is 6.07 Å². The van der Waals surface area contributed by atoms with Gasteiger partial charge in [0.05, 0.1) is 16.6 Å². The number of anilines is 2. The molecule has 0 amide bonds. The van der Waals surface area contributed by atoms with Gasteiger partial charge in [-0.2, -0.15) is 0 Å². The molecule has 0 unspecified atom stereocenters. The molecule has 1 fully saturated rings. The normalized spacial score (nSPS) is 15.4. The lowest BCUT2D eigenvalue weighted by Gasteiger charge is -2.17. The zero-order valence-electron chi connectivity index (χ0n) is 18.3. The summed E-state index contributed by atoms with van der Waals surface area (Å²) in [5, 5.41) is 3.95. The number of nitrogens with zero attached hydrogens (tertiary/aromatic N) is 2. The zero-order chi connectivity index (χ0) is 23.3. The summed E-state index contributed by atoms with van der Waals surface area (Å²) in [6.45, 7) is 1.59. The number of benzene rings is 3. The average molecular weight is 480 g/mol. The van der Waals surface area contributed by atoms with Gasteiger partial charge < -0.3 is 19.5 Å². The second-order valence-electron chi connectivity index (χ2n) is 8.01. The number of aromatic nitrogens is 2. The van der Waals surface area contributed by atoms with E-state index in [1.165, 1.54) is 18.5 Å². The van der Waals surface area contributed by atoms with Crippen LogP contribution < -0.4 is 14.8 Å². The Hall–Kier alpha value is -3.42. The Balaban J connectivity index is 1.47. The minimum atomic E-state index is -0.482. The van der Waals surface area contributed by atoms with E-state index in [2.05, 4.69) is 15.3 Å². The van der Waals surface area contributed by atoms with Crippen molar-refractivity contribution in [3.63, 3.8) is 0 Å². The predicted octanol–water partition coefficient (Wildman–Crippen LogP) is 6.30. The van der Waals surface area contributed by atoms with E-state index in [1.807, 2.05) is 42.5 Å². The first-order chi connectivity index (χ1) is 16.7. The Bertz CT molecular complexity index is 1280. The van der Waals surface area contributed by atoms with Gasteiger partial charge in [0.1, 0.15) is 31.2 Å². The van der Waals surface area contributed by atoms with E-state index < -0.39 is 5.82 Å². The number of halogens is 2. The minimum absolute atomic E-state index is 0.0278. The van der Waals surface area contributed by atoms with Crippen LogP contribution in [0.1, 0.15) is 18.4 Å². The summed E-state index contributed by atoms with van der Waals surface area (Å²) in [7, 11) is 0. The first-order valence-electron chi connectivity index (χ1n) is 11.1. The maximum Gasteiger partial charge on any atom is 0.163 e. The van der Waals surface area contributed by atoms with Gasteiger partial charge in [0, 0.05) is 23.7 Å². The van der Waals surface area contributed by atoms with E-state index in [0.29, 0.717) is 41.7 Å². The summed E-state index contributed by atoms with van der Waals surface area (Å²) in [6.07, 6.45) is 3.55. The zero-order valence-corrected chi connectivity index (χ0v) is 19.1. The molecule has 0 spiro atoms. The van der Waals surface area contributed by atoms with Crippen molar-refractivity contribution in [1.29, 1.82) is 0 Å². The molecule has 1 atom stereocenters. The van der Waals surface area contributed by atoms with Gasteiger partial charge in [0.25, 0.3) is 0 Å². The van der Waals surface area contributed by atoms with Crippen LogP contribution in [0.3, 0.4) is 0 Å². The third-order valence-corrected chi connectivity index (χ3v) is 5.86. The van der Waals surface area contributed by atoms with E-state index in [0.717, 1.165) is 30.4 Å². The van der Waals surface area contributed by atoms with E-state index in [-0.39, 0.29) is 11.1 Å². The molecule has 0 bridgehead atoms. The Morgan fingerprint density at radius 3 is 2.68 bits per heavy atom. The van der Waals surface area contributed by atoms with Crippen LogP contribution >= 0.6 is 11.6 Å². The van der Waals surface area contributed by atoms with Crippen molar-refractivity contribution in [3.8, 4) is 11.5 Å². The molecular formula is C26H23ClFN3O3. The number of nitrogens with one attached hydrogen (secondary N) is 1. The van der Waals surface area contributed by atoms with Crippen molar-refractivity contribution in [2.75, 3.05) is 18.5 Å². The molecule has 1 saturated heterocycles. The second kappa shape index (κ2) is 10.2. The van der Waals surface area contributed by atoms with Crippen LogP contribution in [0.2, 0.25) is 5.02 Å². The Kier molecular flexibility index (Phi) is 6.74. The highest BCUT2D eigenvalue weighted by Gasteiger charge is 2.19. The van der Waals surface area contributed by atoms with Crippen molar-refractivity contribution in [2.24, 2.45) is 0 Å². The summed E-state index contributed by atoms with van der Waals surface area (Å²) >= 11 is 5.94. The summed E-state index contributed by atoms with van der Waals surface area (Å²) in [6, 6.07) is 18.0. The van der Waals surface area contributed by atoms with Crippen LogP contribution in [0.25, 0.3) is 10.9 Å². The lowest BCUT2D eigenvalue weighted by Crippen LogP contribution is -2.16. The minimum Gasteiger partial charge on any atom is -0.487 e. The van der Waals surface area contributed by atoms with Gasteiger partial charge in [-0.25, -0.2) is 14.4 Å². The number of hydrogen-bond donors (Lipinski definition) is 1. The molecule has 3 aromatic carbocycles. The fourth-order valence-electron chi connectivity index (χ4n) is 3.79. The molecule has 0 radical (unpaired) electrons. The van der Waals surface area contributed by atoms with Crippen LogP contribution in [0, 0.1) is 5.82 Å². The lowest BCUT2D eigenvalue weighted by molar-refractivity contribution is 0.0666. The van der Waals surface area contributed by atoms with Gasteiger partial charge >= 0.3 is 0 Å². The molecule has 1 aliphatic rings. The molecule has 1 N–H and O–H groups in total. The van der Waals surface area contributed by atoms with Crippen molar-refractivity contribution in [3.05, 3.63) is 83.4 Å². The summed E-state index contributed by atoms with van der Waals surface area (Å²) in [4.78, 5) is 8.79. The molecule has 0 aliphatic carbocycles. The topological polar surface area (TPSA) is 65.5 Å². The third kappa shape index (κ3) is 5.21. The van der Waals surface area contributed by atoms with Crippen LogP contribution in [0.4, 0.5) is 15.9 Å². The summed E-state index contributed by atoms with van der Waals surface area (Å²) in [5.74, 6) is 1.23. The van der Waals surface area contributed by atoms with Gasteiger partial charge in [0.2, 0.25) is 0 Å². The maximum atomic E-state index is 13.6. The van der Waals surface area contributed by atoms with E-state index >= 15 is 0 Å². The molecule has 4 aromatic rings. The standard InChI is InChI=1S/C26H23ClFN3O3/c27-21-11-18(8-9-22(21)28)31-26-20-12-24(33-14-17-5-2-1-3-6-17)25(13-23(20)29-16-30-26)34-15-19-7-4-10-32-19/h1-3,5-6,8-9,11-13,16,19H,4,7,10,14-15H2,(H,29,30,31)/t19-/m1/s1. The highest BCUT2D eigenvalue weighted by Crippen LogP contribution is 2.36. The number of rotatable bonds is 8. The molecule has 8 heteroatoms. The van der Waals surface area contributed by atoms with Crippen LogP contribution in [-0.2, 0) is 11.3 Å². The molecule has 174 valence electrons. The Morgan fingerprint density at radius 1 is 1.03 bits per heavy atom. The highest BCUT2D eigenvalue weighted by atomic mass is 35.5. The van der Waals surface area contributed by atoms with E-state index in [9.17, 15) is 4.39 Å². The van der Waals surface area contributed by atoms with E-state index in [4.69, 9.17) is 25.8 Å². The molecule has 0 saturated carbocycles. The predicted molar refractivity (Wildman–Crippen MR) is 129 cm³/mol. The second-order valence-corrected chi connectivity index (χ2v) is 8.42. The van der Waals surface area contributed by atoms with Gasteiger partial charge in [-0.15, -0.1) is 0 Å². The molecule has 34 heavy (non-hydrogen) atoms. The maximum absolute atomic E-state index is 13.6. The summed E-state index contributed by atoms with van der Waals surface area (Å²) in [5.41, 5.74) is 2.33. The van der Waals surface area contributed by atoms with Crippen molar-refractivity contribution in [2.45, 2.75) is 25.6 Å². The smallest absolute Gasteiger partial charge is 0.163 e. The van der Waals surface area contributed by atoms with Gasteiger partial charge in [-0.3, -0.25) is 0 Å². The van der Waals surface area contributed by atoms with Crippen LogP contribution in [-0.4, -0.2) is 29.3 Å². The van der Waals surface area contributed by atoms with Gasteiger partial charge in [-0.05, 0) is 42.7 Å². The fourth-order valence-corrected chi connectivity index (χ4v) is 3.97. The largest absolute Gasteiger partial charge is 0.487 e. The quantitative estimate of drug-likeness (QED) is 0.320. The lowest BCUT2D eigenvalue weighted by atomic mass is 10.2. The number of hydrogen-bond acceptors (Lipinski definition) is 6. The van der Waals surface area contributed by atoms with Gasteiger partial charge in [0.15, 0.2) is 11.5 Å². The molecule has 2 heterocycles. The van der Waals surface area contributed by atoms with Gasteiger partial charge in [-0.1, -0.05) is 41.9 Å². The molecule has 1 aromatic heterocycles.